The predicted molar refractivity (Wildman–Crippen MR) is 82.6 cm³/mol. The number of benzene rings is 1. The van der Waals surface area contributed by atoms with E-state index in [0.717, 1.165) is 5.56 Å². The number of amides is 1. The van der Waals surface area contributed by atoms with Crippen molar-refractivity contribution in [1.29, 1.82) is 0 Å². The van der Waals surface area contributed by atoms with Crippen LogP contribution in [0, 0.1) is 6.92 Å². The Morgan fingerprint density at radius 2 is 2.19 bits per heavy atom. The van der Waals surface area contributed by atoms with Gasteiger partial charge in [-0.2, -0.15) is 0 Å². The maximum absolute atomic E-state index is 12.3. The number of nitrogens with two attached hydrogens (primary N) is 1. The zero-order chi connectivity index (χ0) is 15.0. The highest BCUT2D eigenvalue weighted by molar-refractivity contribution is 6.31. The molecule has 5 nitrogen and oxygen atoms in total. The molecule has 21 heavy (non-hydrogen) atoms. The first-order chi connectivity index (χ1) is 10.1. The summed E-state index contributed by atoms with van der Waals surface area (Å²) in [5, 5.41) is 3.28. The minimum atomic E-state index is -0.434. The number of fused-ring (bicyclic) bond motifs is 1. The largest absolute Gasteiger partial charge is 0.447 e. The zero-order valence-corrected chi connectivity index (χ0v) is 11.9. The van der Waals surface area contributed by atoms with E-state index < -0.39 is 5.91 Å². The van der Waals surface area contributed by atoms with E-state index in [1.54, 1.807) is 30.5 Å². The lowest BCUT2D eigenvalue weighted by atomic mass is 10.2. The maximum Gasteiger partial charge on any atom is 0.293 e. The lowest BCUT2D eigenvalue weighted by molar-refractivity contribution is 0.1000. The number of aromatic nitrogens is 1. The molecule has 0 saturated carbocycles. The van der Waals surface area contributed by atoms with Gasteiger partial charge < -0.3 is 15.5 Å². The van der Waals surface area contributed by atoms with Gasteiger partial charge in [-0.1, -0.05) is 17.7 Å². The molecule has 1 amide bonds. The summed E-state index contributed by atoms with van der Waals surface area (Å²) >= 11 is 5.93. The summed E-state index contributed by atoms with van der Waals surface area (Å²) in [6, 6.07) is 8.67. The third-order valence-corrected chi connectivity index (χ3v) is 3.37. The second-order valence-corrected chi connectivity index (χ2v) is 5.04. The molecule has 106 valence electrons. The van der Waals surface area contributed by atoms with E-state index >= 15 is 0 Å². The number of carbonyl (C=O) groups is 1. The fourth-order valence-corrected chi connectivity index (χ4v) is 2.20. The van der Waals surface area contributed by atoms with Gasteiger partial charge in [0.15, 0.2) is 5.58 Å². The van der Waals surface area contributed by atoms with Gasteiger partial charge in [0.2, 0.25) is 5.76 Å². The van der Waals surface area contributed by atoms with E-state index in [1.165, 1.54) is 0 Å². The zero-order valence-electron chi connectivity index (χ0n) is 11.2. The molecule has 0 radical (unpaired) electrons. The Balaban J connectivity index is 1.97. The van der Waals surface area contributed by atoms with Crippen molar-refractivity contribution in [3.05, 3.63) is 52.9 Å². The average Bonchev–Trinajstić information content (AvgIpc) is 2.81. The molecule has 3 N–H and O–H groups in total. The van der Waals surface area contributed by atoms with Gasteiger partial charge in [0.25, 0.3) is 5.91 Å². The fourth-order valence-electron chi connectivity index (χ4n) is 2.02. The number of nitrogens with zero attached hydrogens (tertiary/aromatic N) is 1. The minimum Gasteiger partial charge on any atom is -0.447 e. The fraction of sp³-hybridized carbons (Fsp3) is 0.0667. The summed E-state index contributed by atoms with van der Waals surface area (Å²) in [5.74, 6) is -0.390. The number of pyridine rings is 1. The molecule has 0 unspecified atom stereocenters. The maximum atomic E-state index is 12.3. The van der Waals surface area contributed by atoms with E-state index in [4.69, 9.17) is 21.8 Å². The molecule has 0 aliphatic carbocycles. The van der Waals surface area contributed by atoms with Crippen LogP contribution in [0.4, 0.5) is 11.4 Å². The first kappa shape index (κ1) is 13.5. The van der Waals surface area contributed by atoms with Gasteiger partial charge >= 0.3 is 0 Å². The van der Waals surface area contributed by atoms with Crippen LogP contribution in [-0.2, 0) is 0 Å². The van der Waals surface area contributed by atoms with Crippen molar-refractivity contribution in [3.63, 3.8) is 0 Å². The number of aryl methyl sites for hydroxylation is 1. The summed E-state index contributed by atoms with van der Waals surface area (Å²) in [7, 11) is 0. The van der Waals surface area contributed by atoms with E-state index in [0.29, 0.717) is 21.8 Å². The highest BCUT2D eigenvalue weighted by Crippen LogP contribution is 2.27. The lowest BCUT2D eigenvalue weighted by Crippen LogP contribution is -2.13. The molecule has 0 fully saturated rings. The van der Waals surface area contributed by atoms with Crippen LogP contribution in [0.1, 0.15) is 16.1 Å². The first-order valence-corrected chi connectivity index (χ1v) is 6.64. The van der Waals surface area contributed by atoms with Crippen molar-refractivity contribution in [2.45, 2.75) is 6.92 Å². The summed E-state index contributed by atoms with van der Waals surface area (Å²) in [6.45, 7) is 1.87. The van der Waals surface area contributed by atoms with Crippen molar-refractivity contribution in [1.82, 2.24) is 4.98 Å². The van der Waals surface area contributed by atoms with Crippen molar-refractivity contribution in [2.24, 2.45) is 0 Å². The van der Waals surface area contributed by atoms with Crippen LogP contribution in [0.25, 0.3) is 11.1 Å². The molecule has 0 bridgehead atoms. The molecule has 2 heterocycles. The summed E-state index contributed by atoms with van der Waals surface area (Å²) in [5.41, 5.74) is 8.60. The predicted octanol–water partition coefficient (Wildman–Crippen LogP) is 3.62. The standard InChI is InChI=1S/C15H12ClN3O2/c1-8-4-5-9(16)7-10(8)19-15(20)14-12(17)13-11(21-14)3-2-6-18-13/h2-7H,17H2,1H3,(H,19,20). The SMILES string of the molecule is Cc1ccc(Cl)cc1NC(=O)c1oc2cccnc2c1N. The van der Waals surface area contributed by atoms with Crippen LogP contribution in [-0.4, -0.2) is 10.9 Å². The van der Waals surface area contributed by atoms with Crippen LogP contribution in [0.15, 0.2) is 40.9 Å². The molecule has 3 aromatic rings. The summed E-state index contributed by atoms with van der Waals surface area (Å²) < 4.78 is 5.47. The van der Waals surface area contributed by atoms with Crippen LogP contribution >= 0.6 is 11.6 Å². The van der Waals surface area contributed by atoms with E-state index in [-0.39, 0.29) is 11.4 Å². The normalized spacial score (nSPS) is 10.8. The smallest absolute Gasteiger partial charge is 0.293 e. The van der Waals surface area contributed by atoms with Crippen molar-refractivity contribution >= 4 is 40.0 Å². The molecule has 0 atom stereocenters. The molecule has 0 aliphatic heterocycles. The number of hydrogen-bond acceptors (Lipinski definition) is 4. The number of rotatable bonds is 2. The Bertz CT molecular complexity index is 842. The average molecular weight is 302 g/mol. The molecule has 6 heteroatoms. The highest BCUT2D eigenvalue weighted by atomic mass is 35.5. The van der Waals surface area contributed by atoms with Gasteiger partial charge in [-0.3, -0.25) is 9.78 Å². The third-order valence-electron chi connectivity index (χ3n) is 3.14. The van der Waals surface area contributed by atoms with Crippen molar-refractivity contribution in [3.8, 4) is 0 Å². The van der Waals surface area contributed by atoms with Crippen molar-refractivity contribution in [2.75, 3.05) is 11.1 Å². The molecule has 3 rings (SSSR count). The number of nitrogens with one attached hydrogen (secondary N) is 1. The molecule has 1 aromatic carbocycles. The summed E-state index contributed by atoms with van der Waals surface area (Å²) in [6.07, 6.45) is 1.59. The van der Waals surface area contributed by atoms with Crippen LogP contribution in [0.5, 0.6) is 0 Å². The van der Waals surface area contributed by atoms with Crippen molar-refractivity contribution < 1.29 is 9.21 Å². The minimum absolute atomic E-state index is 0.0445. The van der Waals surface area contributed by atoms with E-state index in [1.807, 2.05) is 13.0 Å². The van der Waals surface area contributed by atoms with Gasteiger partial charge in [0.05, 0.1) is 0 Å². The van der Waals surface area contributed by atoms with Gasteiger partial charge in [0.1, 0.15) is 11.2 Å². The third kappa shape index (κ3) is 2.43. The monoisotopic (exact) mass is 301 g/mol. The number of halogens is 1. The van der Waals surface area contributed by atoms with Gasteiger partial charge in [-0.25, -0.2) is 0 Å². The Morgan fingerprint density at radius 3 is 2.95 bits per heavy atom. The highest BCUT2D eigenvalue weighted by Gasteiger charge is 2.19. The Labute approximate surface area is 125 Å². The molecule has 0 saturated heterocycles. The molecule has 2 aromatic heterocycles. The van der Waals surface area contributed by atoms with Gasteiger partial charge in [-0.05, 0) is 36.8 Å². The van der Waals surface area contributed by atoms with Gasteiger partial charge in [-0.15, -0.1) is 0 Å². The topological polar surface area (TPSA) is 81.2 Å². The number of hydrogen-bond donors (Lipinski definition) is 2. The Morgan fingerprint density at radius 1 is 1.38 bits per heavy atom. The Hall–Kier alpha value is -2.53. The second-order valence-electron chi connectivity index (χ2n) is 4.61. The lowest BCUT2D eigenvalue weighted by Gasteiger charge is -2.07. The van der Waals surface area contributed by atoms with E-state index in [9.17, 15) is 4.79 Å². The number of furan rings is 1. The van der Waals surface area contributed by atoms with Crippen LogP contribution in [0.2, 0.25) is 5.02 Å². The van der Waals surface area contributed by atoms with E-state index in [2.05, 4.69) is 10.3 Å². The molecular weight excluding hydrogens is 290 g/mol. The van der Waals surface area contributed by atoms with Crippen LogP contribution in [0.3, 0.4) is 0 Å². The first-order valence-electron chi connectivity index (χ1n) is 6.27. The quantitative estimate of drug-likeness (QED) is 0.757. The molecular formula is C15H12ClN3O2. The van der Waals surface area contributed by atoms with Crippen LogP contribution < -0.4 is 11.1 Å². The Kier molecular flexibility index (Phi) is 3.27. The molecule has 0 spiro atoms. The number of anilines is 2. The second kappa shape index (κ2) is 5.10. The molecule has 0 aliphatic rings. The van der Waals surface area contributed by atoms with Gasteiger partial charge in [0, 0.05) is 16.9 Å². The number of carbonyl (C=O) groups excluding carboxylic acids is 1. The number of nitrogen functional groups attached to an aromatic ring is 1. The summed E-state index contributed by atoms with van der Waals surface area (Å²) in [4.78, 5) is 16.4.